The monoisotopic (exact) mass is 408 g/mol. The van der Waals surface area contributed by atoms with E-state index in [9.17, 15) is 24.6 Å². The molecule has 0 radical (unpaired) electrons. The van der Waals surface area contributed by atoms with Gasteiger partial charge in [-0.05, 0) is 13.3 Å². The van der Waals surface area contributed by atoms with Crippen molar-refractivity contribution >= 4 is 23.9 Å². The summed E-state index contributed by atoms with van der Waals surface area (Å²) in [5.41, 5.74) is -0.500. The van der Waals surface area contributed by atoms with E-state index in [1.165, 1.54) is 12.3 Å². The predicted molar refractivity (Wildman–Crippen MR) is 101 cm³/mol. The maximum absolute atomic E-state index is 12.4. The number of hydrogen-bond acceptors (Lipinski definition) is 8. The van der Waals surface area contributed by atoms with E-state index in [0.717, 1.165) is 11.0 Å². The normalized spacial score (nSPS) is 26.6. The van der Waals surface area contributed by atoms with Crippen molar-refractivity contribution in [3.8, 4) is 0 Å². The van der Waals surface area contributed by atoms with Crippen molar-refractivity contribution in [1.29, 1.82) is 0 Å². The average Bonchev–Trinajstić information content (AvgIpc) is 3.20. The SMILES string of the molecule is C=Cc1cn([C@@H]2O[C@H](C)C(O)C2O)c(=O)nc1NC(=O)OCCN1CCCC1=O. The van der Waals surface area contributed by atoms with Crippen molar-refractivity contribution in [1.82, 2.24) is 14.5 Å². The van der Waals surface area contributed by atoms with E-state index in [2.05, 4.69) is 16.9 Å². The molecule has 0 spiro atoms. The molecular formula is C18H24N4O7. The fourth-order valence-corrected chi connectivity index (χ4v) is 3.30. The molecule has 1 aromatic heterocycles. The van der Waals surface area contributed by atoms with Gasteiger partial charge in [-0.1, -0.05) is 12.7 Å². The third-order valence-corrected chi connectivity index (χ3v) is 4.94. The highest BCUT2D eigenvalue weighted by molar-refractivity contribution is 5.86. The molecule has 11 nitrogen and oxygen atoms in total. The van der Waals surface area contributed by atoms with Crippen LogP contribution < -0.4 is 11.0 Å². The van der Waals surface area contributed by atoms with Gasteiger partial charge >= 0.3 is 11.8 Å². The number of aromatic nitrogens is 2. The Kier molecular flexibility index (Phi) is 6.30. The molecule has 0 aliphatic carbocycles. The van der Waals surface area contributed by atoms with Crippen molar-refractivity contribution < 1.29 is 29.3 Å². The number of hydrogen-bond donors (Lipinski definition) is 3. The highest BCUT2D eigenvalue weighted by Gasteiger charge is 2.42. The molecular weight excluding hydrogens is 384 g/mol. The van der Waals surface area contributed by atoms with Gasteiger partial charge in [0.2, 0.25) is 5.91 Å². The Bertz CT molecular complexity index is 855. The van der Waals surface area contributed by atoms with Crippen molar-refractivity contribution in [2.45, 2.75) is 44.3 Å². The zero-order valence-electron chi connectivity index (χ0n) is 16.0. The first-order valence-electron chi connectivity index (χ1n) is 9.30. The standard InChI is InChI=1S/C18H24N4O7/c1-3-11-9-22(16-14(25)13(24)10(2)29-16)17(26)19-15(11)20-18(27)28-8-7-21-6-4-5-12(21)23/h3,9-10,13-14,16,24-25H,1,4-8H2,2H3,(H,19,20,26,27)/t10-,13?,14?,16-/m1/s1. The minimum Gasteiger partial charge on any atom is -0.447 e. The highest BCUT2D eigenvalue weighted by atomic mass is 16.6. The van der Waals surface area contributed by atoms with Crippen LogP contribution in [0.1, 0.15) is 31.6 Å². The summed E-state index contributed by atoms with van der Waals surface area (Å²) in [5, 5.41) is 22.3. The largest absolute Gasteiger partial charge is 0.447 e. The molecule has 2 unspecified atom stereocenters. The van der Waals surface area contributed by atoms with E-state index in [1.807, 2.05) is 0 Å². The second kappa shape index (κ2) is 8.72. The Balaban J connectivity index is 1.66. The molecule has 2 amide bonds. The third-order valence-electron chi connectivity index (χ3n) is 4.94. The smallest absolute Gasteiger partial charge is 0.412 e. The van der Waals surface area contributed by atoms with Gasteiger partial charge in [-0.3, -0.25) is 14.7 Å². The van der Waals surface area contributed by atoms with Gasteiger partial charge in [0.25, 0.3) is 0 Å². The van der Waals surface area contributed by atoms with E-state index in [1.54, 1.807) is 11.8 Å². The van der Waals surface area contributed by atoms with Crippen molar-refractivity contribution in [3.05, 3.63) is 28.8 Å². The molecule has 0 saturated carbocycles. The highest BCUT2D eigenvalue weighted by Crippen LogP contribution is 2.28. The van der Waals surface area contributed by atoms with Gasteiger partial charge in [0, 0.05) is 24.7 Å². The first kappa shape index (κ1) is 21.0. The molecule has 3 rings (SSSR count). The number of amides is 2. The average molecular weight is 408 g/mol. The number of aliphatic hydroxyl groups is 2. The van der Waals surface area contributed by atoms with Crippen LogP contribution in [0.15, 0.2) is 17.6 Å². The van der Waals surface area contributed by atoms with Gasteiger partial charge in [-0.2, -0.15) is 4.98 Å². The number of carbonyl (C=O) groups is 2. The quantitative estimate of drug-likeness (QED) is 0.582. The van der Waals surface area contributed by atoms with Crippen LogP contribution in [0.4, 0.5) is 10.6 Å². The summed E-state index contributed by atoms with van der Waals surface area (Å²) in [7, 11) is 0. The van der Waals surface area contributed by atoms with Crippen LogP contribution in [0.25, 0.3) is 6.08 Å². The summed E-state index contributed by atoms with van der Waals surface area (Å²) in [6, 6.07) is 0. The maximum atomic E-state index is 12.4. The number of ether oxygens (including phenoxy) is 2. The molecule has 2 aliphatic rings. The number of aliphatic hydroxyl groups excluding tert-OH is 2. The van der Waals surface area contributed by atoms with Gasteiger partial charge in [0.15, 0.2) is 6.23 Å². The van der Waals surface area contributed by atoms with Crippen LogP contribution in [0.5, 0.6) is 0 Å². The molecule has 29 heavy (non-hydrogen) atoms. The predicted octanol–water partition coefficient (Wildman–Crippen LogP) is -0.304. The summed E-state index contributed by atoms with van der Waals surface area (Å²) in [5.74, 6) is -0.0337. The first-order valence-corrected chi connectivity index (χ1v) is 9.30. The van der Waals surface area contributed by atoms with E-state index < -0.39 is 36.3 Å². The second-order valence-corrected chi connectivity index (χ2v) is 6.90. The van der Waals surface area contributed by atoms with Gasteiger partial charge in [0.1, 0.15) is 24.6 Å². The Morgan fingerprint density at radius 3 is 2.79 bits per heavy atom. The number of nitrogens with zero attached hydrogens (tertiary/aromatic N) is 3. The van der Waals surface area contributed by atoms with E-state index >= 15 is 0 Å². The molecule has 1 aromatic rings. The number of carbonyl (C=O) groups excluding carboxylic acids is 2. The Labute approximate surface area is 166 Å². The molecule has 3 N–H and O–H groups in total. The molecule has 11 heteroatoms. The first-order chi connectivity index (χ1) is 13.8. The zero-order chi connectivity index (χ0) is 21.1. The summed E-state index contributed by atoms with van der Waals surface area (Å²) < 4.78 is 11.5. The van der Waals surface area contributed by atoms with Gasteiger partial charge in [-0.25, -0.2) is 9.59 Å². The minimum absolute atomic E-state index is 0.00987. The molecule has 3 heterocycles. The van der Waals surface area contributed by atoms with Gasteiger partial charge in [0.05, 0.1) is 12.6 Å². The summed E-state index contributed by atoms with van der Waals surface area (Å²) in [6.45, 7) is 6.15. The minimum atomic E-state index is -1.31. The molecule has 2 saturated heterocycles. The van der Waals surface area contributed by atoms with Crippen LogP contribution in [0.2, 0.25) is 0 Å². The lowest BCUT2D eigenvalue weighted by molar-refractivity contribution is -0.128. The van der Waals surface area contributed by atoms with Crippen molar-refractivity contribution in [2.24, 2.45) is 0 Å². The summed E-state index contributed by atoms with van der Waals surface area (Å²) >= 11 is 0. The fourth-order valence-electron chi connectivity index (χ4n) is 3.30. The molecule has 158 valence electrons. The Hall–Kier alpha value is -2.76. The third kappa shape index (κ3) is 4.47. The Morgan fingerprint density at radius 1 is 1.45 bits per heavy atom. The molecule has 2 aliphatic heterocycles. The van der Waals surface area contributed by atoms with Crippen molar-refractivity contribution in [3.63, 3.8) is 0 Å². The maximum Gasteiger partial charge on any atom is 0.412 e. The molecule has 4 atom stereocenters. The number of rotatable bonds is 6. The van der Waals surface area contributed by atoms with Crippen LogP contribution in [0.3, 0.4) is 0 Å². The van der Waals surface area contributed by atoms with Crippen LogP contribution in [0, 0.1) is 0 Å². The Morgan fingerprint density at radius 2 is 2.21 bits per heavy atom. The molecule has 0 aromatic carbocycles. The topological polar surface area (TPSA) is 143 Å². The number of nitrogens with one attached hydrogen (secondary N) is 1. The zero-order valence-corrected chi connectivity index (χ0v) is 16.0. The van der Waals surface area contributed by atoms with Crippen LogP contribution in [-0.2, 0) is 14.3 Å². The van der Waals surface area contributed by atoms with Crippen molar-refractivity contribution in [2.75, 3.05) is 25.0 Å². The van der Waals surface area contributed by atoms with Gasteiger partial charge in [-0.15, -0.1) is 0 Å². The fraction of sp³-hybridized carbons (Fsp3) is 0.556. The summed E-state index contributed by atoms with van der Waals surface area (Å²) in [6.07, 6.45) is -1.07. The van der Waals surface area contributed by atoms with E-state index in [4.69, 9.17) is 9.47 Å². The lowest BCUT2D eigenvalue weighted by Crippen LogP contribution is -2.36. The number of anilines is 1. The van der Waals surface area contributed by atoms with Crippen LogP contribution in [-0.4, -0.2) is 74.7 Å². The van der Waals surface area contributed by atoms with E-state index in [0.29, 0.717) is 25.1 Å². The lowest BCUT2D eigenvalue weighted by atomic mass is 10.1. The van der Waals surface area contributed by atoms with Crippen LogP contribution >= 0.6 is 0 Å². The van der Waals surface area contributed by atoms with E-state index in [-0.39, 0.29) is 18.3 Å². The number of likely N-dealkylation sites (tertiary alicyclic amines) is 1. The van der Waals surface area contributed by atoms with Gasteiger partial charge < -0.3 is 24.6 Å². The lowest BCUT2D eigenvalue weighted by Gasteiger charge is -2.19. The molecule has 2 fully saturated rings. The second-order valence-electron chi connectivity index (χ2n) is 6.90. The summed E-state index contributed by atoms with van der Waals surface area (Å²) in [4.78, 5) is 41.3. The molecule has 0 bridgehead atoms.